The maximum Gasteiger partial charge on any atom is 0.425 e. The number of pyridine rings is 2. The van der Waals surface area contributed by atoms with E-state index in [1.54, 1.807) is 18.3 Å². The molecule has 0 saturated heterocycles. The van der Waals surface area contributed by atoms with Gasteiger partial charge in [-0.25, -0.2) is 13.9 Å². The van der Waals surface area contributed by atoms with Crippen LogP contribution in [0.4, 0.5) is 17.6 Å². The predicted octanol–water partition coefficient (Wildman–Crippen LogP) is 3.87. The van der Waals surface area contributed by atoms with Crippen LogP contribution >= 0.6 is 0 Å². The summed E-state index contributed by atoms with van der Waals surface area (Å²) in [7, 11) is 0. The van der Waals surface area contributed by atoms with Crippen LogP contribution in [0.1, 0.15) is 8.29 Å². The van der Waals surface area contributed by atoms with Gasteiger partial charge in [0.15, 0.2) is 11.9 Å². The average molecular weight is 326 g/mol. The first-order chi connectivity index (χ1) is 11.3. The molecule has 3 heterocycles. The summed E-state index contributed by atoms with van der Waals surface area (Å²) < 4.78 is 65.1. The quantitative estimate of drug-likeness (QED) is 0.686. The van der Waals surface area contributed by atoms with E-state index >= 15 is 0 Å². The zero-order valence-corrected chi connectivity index (χ0v) is 11.8. The molecule has 4 nitrogen and oxygen atoms in total. The van der Waals surface area contributed by atoms with Crippen molar-refractivity contribution >= 4 is 5.52 Å². The summed E-state index contributed by atoms with van der Waals surface area (Å²) in [6.45, 7) is 0.776. The van der Waals surface area contributed by atoms with E-state index in [1.807, 2.05) is 0 Å². The first-order valence-electron chi connectivity index (χ1n) is 7.09. The number of hydrogen-bond acceptors (Lipinski definition) is 3. The summed E-state index contributed by atoms with van der Waals surface area (Å²) in [5, 5.41) is 3.95. The Morgan fingerprint density at radius 1 is 1.30 bits per heavy atom. The largest absolute Gasteiger partial charge is 0.463 e. The second-order valence-electron chi connectivity index (χ2n) is 4.85. The minimum absolute atomic E-state index is 0.198. The fourth-order valence-electron chi connectivity index (χ4n) is 1.94. The lowest BCUT2D eigenvalue weighted by Crippen LogP contribution is -2.31. The van der Waals surface area contributed by atoms with Crippen molar-refractivity contribution in [2.24, 2.45) is 0 Å². The van der Waals surface area contributed by atoms with Crippen molar-refractivity contribution in [1.82, 2.24) is 14.6 Å². The van der Waals surface area contributed by atoms with Crippen molar-refractivity contribution in [3.8, 4) is 17.0 Å². The monoisotopic (exact) mass is 326 g/mol. The Kier molecular flexibility index (Phi) is 3.36. The number of fused-ring (bicyclic) bond motifs is 1. The Hall–Kier alpha value is -2.64. The molecule has 3 aromatic rings. The number of alkyl halides is 3. The van der Waals surface area contributed by atoms with E-state index in [-0.39, 0.29) is 6.04 Å². The molecule has 0 saturated carbocycles. The summed E-state index contributed by atoms with van der Waals surface area (Å²) in [5.74, 6) is -1.71. The molecular weight excluding hydrogens is 314 g/mol. The number of aromatic nitrogens is 3. The van der Waals surface area contributed by atoms with Gasteiger partial charge in [0.2, 0.25) is 0 Å². The van der Waals surface area contributed by atoms with Crippen LogP contribution in [0.2, 0.25) is 0 Å². The molecule has 0 unspecified atom stereocenters. The second-order valence-corrected chi connectivity index (χ2v) is 4.85. The van der Waals surface area contributed by atoms with E-state index in [0.29, 0.717) is 16.6 Å². The van der Waals surface area contributed by atoms with Crippen molar-refractivity contribution in [3.63, 3.8) is 0 Å². The van der Waals surface area contributed by atoms with Gasteiger partial charge in [-0.15, -0.1) is 0 Å². The van der Waals surface area contributed by atoms with Crippen LogP contribution in [0.3, 0.4) is 0 Å². The summed E-state index contributed by atoms with van der Waals surface area (Å²) in [5.41, 5.74) is 1.42. The zero-order chi connectivity index (χ0) is 17.5. The molecule has 0 aromatic carbocycles. The molecule has 120 valence electrons. The van der Waals surface area contributed by atoms with Crippen LogP contribution in [0.25, 0.3) is 16.6 Å². The van der Waals surface area contributed by atoms with Crippen LogP contribution in [-0.4, -0.2) is 26.9 Å². The molecule has 0 spiro atoms. The number of rotatable bonds is 3. The highest BCUT2D eigenvalue weighted by Gasteiger charge is 2.38. The van der Waals surface area contributed by atoms with Crippen LogP contribution in [0, 0.1) is 5.82 Å². The van der Waals surface area contributed by atoms with E-state index in [2.05, 4.69) is 14.8 Å². The van der Waals surface area contributed by atoms with Gasteiger partial charge >= 0.3 is 6.18 Å². The number of nitrogens with zero attached hydrogens (tertiary/aromatic N) is 3. The molecule has 0 radical (unpaired) electrons. The van der Waals surface area contributed by atoms with E-state index in [1.165, 1.54) is 16.9 Å². The molecule has 8 heteroatoms. The summed E-state index contributed by atoms with van der Waals surface area (Å²) in [4.78, 5) is 3.63. The van der Waals surface area contributed by atoms with Crippen LogP contribution in [0.15, 0.2) is 42.8 Å². The molecule has 0 bridgehead atoms. The van der Waals surface area contributed by atoms with Crippen LogP contribution in [-0.2, 0) is 0 Å². The van der Waals surface area contributed by atoms with Gasteiger partial charge in [0.1, 0.15) is 0 Å². The van der Waals surface area contributed by atoms with Gasteiger partial charge in [-0.1, -0.05) is 0 Å². The highest BCUT2D eigenvalue weighted by atomic mass is 19.4. The van der Waals surface area contributed by atoms with Crippen molar-refractivity contribution < 1.29 is 23.7 Å². The van der Waals surface area contributed by atoms with Gasteiger partial charge in [-0.2, -0.15) is 18.3 Å². The highest BCUT2D eigenvalue weighted by Crippen LogP contribution is 2.28. The standard InChI is InChI=1S/C15H11F4N3O/c1-9(15(17,18)19)23-14-13(16)7-11(8-20-14)10-3-5-22-12(6-10)2-4-21-22/h2-9H,1H3/t9-/m0/s1/i2D. The zero-order valence-electron chi connectivity index (χ0n) is 12.8. The Morgan fingerprint density at radius 2 is 2.09 bits per heavy atom. The van der Waals surface area contributed by atoms with Crippen molar-refractivity contribution in [2.75, 3.05) is 0 Å². The Balaban J connectivity index is 1.92. The van der Waals surface area contributed by atoms with E-state index in [9.17, 15) is 17.6 Å². The number of halogens is 4. The van der Waals surface area contributed by atoms with Crippen molar-refractivity contribution in [3.05, 3.63) is 48.6 Å². The number of ether oxygens (including phenoxy) is 1. The molecule has 0 aliphatic rings. The van der Waals surface area contributed by atoms with Crippen LogP contribution < -0.4 is 4.74 Å². The van der Waals surface area contributed by atoms with E-state index < -0.39 is 24.0 Å². The van der Waals surface area contributed by atoms with E-state index in [0.717, 1.165) is 13.0 Å². The lowest BCUT2D eigenvalue weighted by atomic mass is 10.1. The van der Waals surface area contributed by atoms with Gasteiger partial charge in [-0.05, 0) is 36.7 Å². The molecular formula is C15H11F4N3O. The smallest absolute Gasteiger partial charge is 0.425 e. The first-order valence-corrected chi connectivity index (χ1v) is 6.59. The molecule has 1 atom stereocenters. The summed E-state index contributed by atoms with van der Waals surface area (Å²) in [6, 6.07) is 4.49. The predicted molar refractivity (Wildman–Crippen MR) is 74.5 cm³/mol. The maximum absolute atomic E-state index is 14.0. The fraction of sp³-hybridized carbons (Fsp3) is 0.200. The third-order valence-electron chi connectivity index (χ3n) is 3.22. The summed E-state index contributed by atoms with van der Waals surface area (Å²) >= 11 is 0. The minimum atomic E-state index is -4.61. The first kappa shape index (κ1) is 14.0. The fourth-order valence-corrected chi connectivity index (χ4v) is 1.94. The second kappa shape index (κ2) is 5.53. The third kappa shape index (κ3) is 3.10. The lowest BCUT2D eigenvalue weighted by molar-refractivity contribution is -0.190. The number of hydrogen-bond donors (Lipinski definition) is 0. The molecule has 0 N–H and O–H groups in total. The SMILES string of the molecule is [2H]c1cnn2ccc(-c3cnc(O[C@@H](C)C(F)(F)F)c(F)c3)cc12. The maximum atomic E-state index is 14.0. The Labute approximate surface area is 129 Å². The Morgan fingerprint density at radius 3 is 2.78 bits per heavy atom. The average Bonchev–Trinajstić information content (AvgIpc) is 2.89. The van der Waals surface area contributed by atoms with Gasteiger partial charge in [0.05, 0.1) is 6.89 Å². The molecule has 0 aliphatic carbocycles. The molecule has 3 rings (SSSR count). The van der Waals surface area contributed by atoms with Gasteiger partial charge in [0.25, 0.3) is 5.88 Å². The molecule has 0 aliphatic heterocycles. The van der Waals surface area contributed by atoms with Gasteiger partial charge in [-0.3, -0.25) is 0 Å². The third-order valence-corrected chi connectivity index (χ3v) is 3.22. The highest BCUT2D eigenvalue weighted by molar-refractivity contribution is 5.68. The normalized spacial score (nSPS) is 13.9. The molecule has 3 aromatic heterocycles. The van der Waals surface area contributed by atoms with Gasteiger partial charge < -0.3 is 4.74 Å². The molecule has 0 amide bonds. The minimum Gasteiger partial charge on any atom is -0.463 e. The lowest BCUT2D eigenvalue weighted by Gasteiger charge is -2.17. The molecule has 23 heavy (non-hydrogen) atoms. The molecule has 0 fully saturated rings. The van der Waals surface area contributed by atoms with Crippen LogP contribution in [0.5, 0.6) is 5.88 Å². The Bertz CT molecular complexity index is 894. The van der Waals surface area contributed by atoms with Crippen molar-refractivity contribution in [2.45, 2.75) is 19.2 Å². The topological polar surface area (TPSA) is 39.4 Å². The van der Waals surface area contributed by atoms with Crippen molar-refractivity contribution in [1.29, 1.82) is 0 Å². The van der Waals surface area contributed by atoms with E-state index in [4.69, 9.17) is 1.37 Å². The van der Waals surface area contributed by atoms with Gasteiger partial charge in [0, 0.05) is 24.2 Å². The summed E-state index contributed by atoms with van der Waals surface area (Å²) in [6.07, 6.45) is -2.60.